The van der Waals surface area contributed by atoms with E-state index in [2.05, 4.69) is 25.6 Å². The number of carboxylic acid groups (broad SMARTS) is 1. The molecule has 0 fully saturated rings. The van der Waals surface area contributed by atoms with Crippen molar-refractivity contribution in [1.29, 1.82) is 0 Å². The Hall–Kier alpha value is -3.28. The van der Waals surface area contributed by atoms with E-state index in [1.807, 2.05) is 11.5 Å². The summed E-state index contributed by atoms with van der Waals surface area (Å²) >= 11 is 0. The minimum Gasteiger partial charge on any atom is -0.481 e. The molecular weight excluding hydrogens is 420 g/mol. The minimum atomic E-state index is -0.833. The van der Waals surface area contributed by atoms with Crippen molar-refractivity contribution in [3.63, 3.8) is 0 Å². The number of imidazole rings is 1. The van der Waals surface area contributed by atoms with Crippen molar-refractivity contribution in [2.24, 2.45) is 5.92 Å². The number of carbonyl (C=O) groups excluding carboxylic acids is 2. The van der Waals surface area contributed by atoms with Gasteiger partial charge in [-0.3, -0.25) is 19.7 Å². The van der Waals surface area contributed by atoms with Crippen LogP contribution in [0.25, 0.3) is 11.2 Å². The fourth-order valence-corrected chi connectivity index (χ4v) is 2.69. The van der Waals surface area contributed by atoms with Crippen LogP contribution in [0.5, 0.6) is 0 Å². The van der Waals surface area contributed by atoms with Crippen LogP contribution >= 0.6 is 0 Å². The summed E-state index contributed by atoms with van der Waals surface area (Å²) in [5, 5.41) is 13.0. The molecule has 0 bridgehead atoms. The van der Waals surface area contributed by atoms with Crippen LogP contribution < -0.4 is 10.6 Å². The van der Waals surface area contributed by atoms with E-state index in [0.29, 0.717) is 23.4 Å². The molecule has 2 rings (SSSR count). The summed E-state index contributed by atoms with van der Waals surface area (Å²) in [6.07, 6.45) is 1.99. The lowest BCUT2D eigenvalue weighted by atomic mass is 10.1. The monoisotopic (exact) mass is 452 g/mol. The molecule has 2 unspecified atom stereocenters. The molecule has 12 heteroatoms. The Morgan fingerprint density at radius 1 is 1.19 bits per heavy atom. The molecule has 3 N–H and O–H groups in total. The standard InChI is InChI=1S/C18H28N6O4.C2H4O2/c1-10(2)17(26)28-8-13(27-6)7-11(3)24-9-20-14-15(19-5)22-18(21-12(4)25)23-16(14)24;1-2(3)4/h9-11,13H,7-8H2,1-6H3,(H2,19,21,22,23,25);1H3,(H,3,4). The Kier molecular flexibility index (Phi) is 10.5. The number of aliphatic carboxylic acids is 1. The molecule has 0 aliphatic rings. The number of esters is 1. The third-order valence-corrected chi connectivity index (χ3v) is 4.24. The molecule has 178 valence electrons. The lowest BCUT2D eigenvalue weighted by molar-refractivity contribution is -0.151. The maximum Gasteiger partial charge on any atom is 0.308 e. The molecule has 0 aromatic carbocycles. The number of carbonyl (C=O) groups is 3. The zero-order valence-electron chi connectivity index (χ0n) is 19.5. The molecule has 2 heterocycles. The Morgan fingerprint density at radius 2 is 1.81 bits per heavy atom. The van der Waals surface area contributed by atoms with Crippen LogP contribution in [0.15, 0.2) is 6.33 Å². The molecule has 0 spiro atoms. The second kappa shape index (κ2) is 12.5. The van der Waals surface area contributed by atoms with Crippen molar-refractivity contribution in [2.45, 2.75) is 53.2 Å². The van der Waals surface area contributed by atoms with Gasteiger partial charge in [0, 0.05) is 34.0 Å². The summed E-state index contributed by atoms with van der Waals surface area (Å²) in [5.74, 6) is -0.807. The van der Waals surface area contributed by atoms with Gasteiger partial charge in [0.1, 0.15) is 6.61 Å². The van der Waals surface area contributed by atoms with Crippen LogP contribution in [-0.4, -0.2) is 69.3 Å². The molecule has 0 saturated carbocycles. The number of rotatable bonds is 9. The van der Waals surface area contributed by atoms with E-state index >= 15 is 0 Å². The predicted molar refractivity (Wildman–Crippen MR) is 118 cm³/mol. The highest BCUT2D eigenvalue weighted by molar-refractivity contribution is 5.90. The first-order chi connectivity index (χ1) is 15.0. The van der Waals surface area contributed by atoms with Crippen molar-refractivity contribution in [3.8, 4) is 0 Å². The first-order valence-corrected chi connectivity index (χ1v) is 10.1. The van der Waals surface area contributed by atoms with Gasteiger partial charge in [-0.2, -0.15) is 9.97 Å². The average molecular weight is 453 g/mol. The molecule has 32 heavy (non-hydrogen) atoms. The summed E-state index contributed by atoms with van der Waals surface area (Å²) in [7, 11) is 3.31. The summed E-state index contributed by atoms with van der Waals surface area (Å²) in [4.78, 5) is 45.2. The zero-order valence-corrected chi connectivity index (χ0v) is 19.5. The number of amides is 1. The van der Waals surface area contributed by atoms with Gasteiger partial charge in [-0.25, -0.2) is 4.98 Å². The maximum atomic E-state index is 11.7. The van der Waals surface area contributed by atoms with Crippen molar-refractivity contribution in [1.82, 2.24) is 19.5 Å². The number of nitrogens with one attached hydrogen (secondary N) is 2. The van der Waals surface area contributed by atoms with Crippen LogP contribution in [-0.2, 0) is 23.9 Å². The topological polar surface area (TPSA) is 158 Å². The third-order valence-electron chi connectivity index (χ3n) is 4.24. The van der Waals surface area contributed by atoms with E-state index in [0.717, 1.165) is 6.92 Å². The Morgan fingerprint density at radius 3 is 2.31 bits per heavy atom. The van der Waals surface area contributed by atoms with Gasteiger partial charge in [-0.05, 0) is 13.3 Å². The quantitative estimate of drug-likeness (QED) is 0.481. The predicted octanol–water partition coefficient (Wildman–Crippen LogP) is 2.08. The third kappa shape index (κ3) is 8.10. The molecule has 2 aromatic rings. The first-order valence-electron chi connectivity index (χ1n) is 10.1. The normalized spacial score (nSPS) is 12.5. The molecule has 1 amide bonds. The van der Waals surface area contributed by atoms with Crippen LogP contribution in [0, 0.1) is 5.92 Å². The van der Waals surface area contributed by atoms with E-state index in [9.17, 15) is 9.59 Å². The van der Waals surface area contributed by atoms with E-state index in [4.69, 9.17) is 19.4 Å². The van der Waals surface area contributed by atoms with E-state index in [1.54, 1.807) is 34.3 Å². The van der Waals surface area contributed by atoms with E-state index < -0.39 is 5.97 Å². The Labute approximate surface area is 186 Å². The van der Waals surface area contributed by atoms with Gasteiger partial charge in [0.25, 0.3) is 5.97 Å². The number of hydrogen-bond donors (Lipinski definition) is 3. The number of hydrogen-bond acceptors (Lipinski definition) is 9. The molecule has 0 saturated heterocycles. The largest absolute Gasteiger partial charge is 0.481 e. The summed E-state index contributed by atoms with van der Waals surface area (Å²) in [5.41, 5.74) is 1.19. The number of fused-ring (bicyclic) bond motifs is 1. The lowest BCUT2D eigenvalue weighted by Gasteiger charge is -2.21. The first kappa shape index (κ1) is 26.8. The van der Waals surface area contributed by atoms with Crippen molar-refractivity contribution >= 4 is 40.8 Å². The summed E-state index contributed by atoms with van der Waals surface area (Å²) < 4.78 is 12.6. The molecule has 0 aliphatic heterocycles. The molecule has 0 radical (unpaired) electrons. The maximum absolute atomic E-state index is 11.7. The zero-order chi connectivity index (χ0) is 24.4. The molecule has 2 atom stereocenters. The van der Waals surface area contributed by atoms with Crippen LogP contribution in [0.3, 0.4) is 0 Å². The lowest BCUT2D eigenvalue weighted by Crippen LogP contribution is -2.25. The molecular formula is C20H32N6O6. The second-order valence-electron chi connectivity index (χ2n) is 7.40. The van der Waals surface area contributed by atoms with E-state index in [1.165, 1.54) is 6.92 Å². The van der Waals surface area contributed by atoms with Gasteiger partial charge >= 0.3 is 5.97 Å². The number of ether oxygens (including phenoxy) is 2. The number of anilines is 2. The SMILES string of the molecule is CC(=O)O.CNc1nc(NC(C)=O)nc2c1ncn2C(C)CC(COC(=O)C(C)C)OC. The fourth-order valence-electron chi connectivity index (χ4n) is 2.69. The van der Waals surface area contributed by atoms with Crippen LogP contribution in [0.2, 0.25) is 0 Å². The average Bonchev–Trinajstić information content (AvgIpc) is 3.13. The number of methoxy groups -OCH3 is 1. The van der Waals surface area contributed by atoms with Crippen molar-refractivity contribution in [3.05, 3.63) is 6.33 Å². The smallest absolute Gasteiger partial charge is 0.308 e. The van der Waals surface area contributed by atoms with Crippen LogP contribution in [0.1, 0.15) is 47.1 Å². The second-order valence-corrected chi connectivity index (χ2v) is 7.40. The van der Waals surface area contributed by atoms with Gasteiger partial charge in [0.2, 0.25) is 11.9 Å². The number of nitrogens with zero attached hydrogens (tertiary/aromatic N) is 4. The highest BCUT2D eigenvalue weighted by Crippen LogP contribution is 2.25. The summed E-state index contributed by atoms with van der Waals surface area (Å²) in [6, 6.07) is -0.0440. The Balaban J connectivity index is 0.00000118. The highest BCUT2D eigenvalue weighted by Gasteiger charge is 2.21. The molecule has 12 nitrogen and oxygen atoms in total. The van der Waals surface area contributed by atoms with Gasteiger partial charge in [-0.15, -0.1) is 0 Å². The van der Waals surface area contributed by atoms with E-state index in [-0.39, 0.29) is 42.5 Å². The van der Waals surface area contributed by atoms with Crippen molar-refractivity contribution in [2.75, 3.05) is 31.4 Å². The minimum absolute atomic E-state index is 0.0440. The molecule has 0 aliphatic carbocycles. The molecule has 2 aromatic heterocycles. The Bertz CT molecular complexity index is 925. The van der Waals surface area contributed by atoms with Crippen LogP contribution in [0.4, 0.5) is 11.8 Å². The fraction of sp³-hybridized carbons (Fsp3) is 0.600. The van der Waals surface area contributed by atoms with Gasteiger partial charge in [0.15, 0.2) is 17.0 Å². The summed E-state index contributed by atoms with van der Waals surface area (Å²) in [6.45, 7) is 8.23. The highest BCUT2D eigenvalue weighted by atomic mass is 16.6. The number of aromatic nitrogens is 4. The van der Waals surface area contributed by atoms with Gasteiger partial charge < -0.3 is 24.5 Å². The van der Waals surface area contributed by atoms with Crippen molar-refractivity contribution < 1.29 is 29.0 Å². The van der Waals surface area contributed by atoms with Gasteiger partial charge in [-0.1, -0.05) is 13.8 Å². The van der Waals surface area contributed by atoms with Gasteiger partial charge in [0.05, 0.1) is 18.3 Å². The number of carboxylic acids is 1.